The molecule has 4 heteroatoms. The molecule has 0 aliphatic carbocycles. The molecule has 0 aliphatic rings. The summed E-state index contributed by atoms with van der Waals surface area (Å²) in [6.07, 6.45) is 2.00. The van der Waals surface area contributed by atoms with Gasteiger partial charge in [0.15, 0.2) is 0 Å². The minimum Gasteiger partial charge on any atom is -0.402 e. The molecule has 0 saturated carbocycles. The minimum absolute atomic E-state index is 0.356. The Hall–Kier alpha value is -3.92. The summed E-state index contributed by atoms with van der Waals surface area (Å²) >= 11 is 0. The molecule has 0 unspecified atom stereocenters. The highest BCUT2D eigenvalue weighted by Gasteiger charge is 2.22. The minimum atomic E-state index is 0.356. The Kier molecular flexibility index (Phi) is 6.38. The van der Waals surface area contributed by atoms with Gasteiger partial charge in [-0.25, -0.2) is 0 Å². The predicted octanol–water partition coefficient (Wildman–Crippen LogP) is 8.46. The Balaban J connectivity index is 2.07. The van der Waals surface area contributed by atoms with E-state index in [0.717, 1.165) is 39.5 Å². The summed E-state index contributed by atoms with van der Waals surface area (Å²) in [4.78, 5) is 0. The number of rotatable bonds is 5. The third-order valence-electron chi connectivity index (χ3n) is 7.68. The van der Waals surface area contributed by atoms with Gasteiger partial charge in [-0.1, -0.05) is 52.0 Å². The van der Waals surface area contributed by atoms with E-state index in [-0.39, 0.29) is 0 Å². The highest BCUT2D eigenvalue weighted by Crippen LogP contribution is 2.47. The van der Waals surface area contributed by atoms with Crippen LogP contribution in [0.25, 0.3) is 49.0 Å². The van der Waals surface area contributed by atoms with E-state index in [1.165, 1.54) is 49.0 Å². The van der Waals surface area contributed by atoms with E-state index in [9.17, 15) is 0 Å². The van der Waals surface area contributed by atoms with E-state index in [1.807, 2.05) is 33.8 Å². The van der Waals surface area contributed by atoms with Crippen LogP contribution in [0.15, 0.2) is 59.9 Å². The predicted molar refractivity (Wildman–Crippen MR) is 164 cm³/mol. The Morgan fingerprint density at radius 2 is 1.29 bits per heavy atom. The zero-order valence-electron chi connectivity index (χ0n) is 23.8. The third kappa shape index (κ3) is 4.09. The average Bonchev–Trinajstić information content (AvgIpc) is 2.86. The van der Waals surface area contributed by atoms with E-state index >= 15 is 0 Å². The van der Waals surface area contributed by atoms with Crippen LogP contribution in [0.4, 0.5) is 0 Å². The molecule has 0 aliphatic heterocycles. The van der Waals surface area contributed by atoms with Crippen molar-refractivity contribution in [2.45, 2.75) is 67.2 Å². The van der Waals surface area contributed by atoms with Crippen molar-refractivity contribution in [2.75, 3.05) is 0 Å². The van der Waals surface area contributed by atoms with Crippen molar-refractivity contribution in [3.63, 3.8) is 0 Å². The van der Waals surface area contributed by atoms with E-state index in [1.54, 1.807) is 0 Å². The van der Waals surface area contributed by atoms with Crippen LogP contribution in [-0.2, 0) is 0 Å². The molecule has 0 amide bonds. The van der Waals surface area contributed by atoms with Crippen molar-refractivity contribution >= 4 is 37.9 Å². The van der Waals surface area contributed by atoms with Gasteiger partial charge >= 0.3 is 0 Å². The maximum atomic E-state index is 6.46. The molecular formula is C34H38N4. The standard InChI is InChI=1S/C34H38N4/c1-17(2)27-15-31-23(29(21(7)36)13-19(5)35)9-11-25-28(18(3)4)16-32-24(10-12-26(27)34(32)33(25)31)30-14-20(6)37-38-22(30)8/h9-18H,35-36H2,1-8H3/b19-13-,29-21+. The first-order valence-electron chi connectivity index (χ1n) is 13.5. The monoisotopic (exact) mass is 502 g/mol. The molecule has 194 valence electrons. The van der Waals surface area contributed by atoms with Crippen molar-refractivity contribution in [3.8, 4) is 11.1 Å². The van der Waals surface area contributed by atoms with Gasteiger partial charge in [-0.15, -0.1) is 0 Å². The summed E-state index contributed by atoms with van der Waals surface area (Å²) in [5.41, 5.74) is 23.1. The largest absolute Gasteiger partial charge is 0.402 e. The van der Waals surface area contributed by atoms with Gasteiger partial charge in [0.1, 0.15) is 0 Å². The smallest absolute Gasteiger partial charge is 0.0678 e. The van der Waals surface area contributed by atoms with Crippen LogP contribution in [0.2, 0.25) is 0 Å². The molecule has 0 spiro atoms. The lowest BCUT2D eigenvalue weighted by Crippen LogP contribution is -2.03. The fourth-order valence-corrected chi connectivity index (χ4v) is 5.90. The van der Waals surface area contributed by atoms with Gasteiger partial charge in [0, 0.05) is 22.5 Å². The third-order valence-corrected chi connectivity index (χ3v) is 7.68. The van der Waals surface area contributed by atoms with Gasteiger partial charge in [0.2, 0.25) is 0 Å². The molecule has 0 radical (unpaired) electrons. The highest BCUT2D eigenvalue weighted by atomic mass is 15.1. The average molecular weight is 503 g/mol. The lowest BCUT2D eigenvalue weighted by molar-refractivity contribution is 0.876. The quantitative estimate of drug-likeness (QED) is 0.187. The lowest BCUT2D eigenvalue weighted by Gasteiger charge is -2.24. The number of hydrogen-bond acceptors (Lipinski definition) is 4. The van der Waals surface area contributed by atoms with E-state index < -0.39 is 0 Å². The van der Waals surface area contributed by atoms with Crippen LogP contribution < -0.4 is 11.5 Å². The zero-order valence-corrected chi connectivity index (χ0v) is 23.8. The summed E-state index contributed by atoms with van der Waals surface area (Å²) in [5, 5.41) is 16.5. The fourth-order valence-electron chi connectivity index (χ4n) is 5.90. The lowest BCUT2D eigenvalue weighted by atomic mass is 9.80. The van der Waals surface area contributed by atoms with Gasteiger partial charge in [-0.3, -0.25) is 0 Å². The van der Waals surface area contributed by atoms with Crippen LogP contribution in [0, 0.1) is 13.8 Å². The molecule has 5 rings (SSSR count). The SMILES string of the molecule is C/C(N)=C/C(=C(/C)N)c1ccc2c(C(C)C)cc3c(-c4cc(C)nnc4C)ccc4c(C(C)C)cc1c2c34. The highest BCUT2D eigenvalue weighted by molar-refractivity contribution is 6.28. The first-order valence-corrected chi connectivity index (χ1v) is 13.5. The van der Waals surface area contributed by atoms with Crippen molar-refractivity contribution < 1.29 is 0 Å². The summed E-state index contributed by atoms with van der Waals surface area (Å²) < 4.78 is 0. The molecule has 1 heterocycles. The van der Waals surface area contributed by atoms with E-state index in [4.69, 9.17) is 11.5 Å². The zero-order chi connectivity index (χ0) is 27.5. The molecule has 0 atom stereocenters. The molecule has 0 fully saturated rings. The van der Waals surface area contributed by atoms with E-state index in [2.05, 4.69) is 80.4 Å². The van der Waals surface area contributed by atoms with Gasteiger partial charge in [-0.2, -0.15) is 10.2 Å². The van der Waals surface area contributed by atoms with Crippen LogP contribution in [0.1, 0.15) is 81.5 Å². The number of aromatic nitrogens is 2. The first-order chi connectivity index (χ1) is 18.0. The van der Waals surface area contributed by atoms with Crippen molar-refractivity contribution in [1.29, 1.82) is 0 Å². The molecule has 0 saturated heterocycles. The Labute approximate surface area is 225 Å². The molecule has 4 nitrogen and oxygen atoms in total. The molecule has 4 N–H and O–H groups in total. The summed E-state index contributed by atoms with van der Waals surface area (Å²) in [6.45, 7) is 17.0. The Morgan fingerprint density at radius 1 is 0.711 bits per heavy atom. The van der Waals surface area contributed by atoms with Gasteiger partial charge < -0.3 is 11.5 Å². The summed E-state index contributed by atoms with van der Waals surface area (Å²) in [6, 6.07) is 16.0. The maximum Gasteiger partial charge on any atom is 0.0678 e. The molecular weight excluding hydrogens is 464 g/mol. The first kappa shape index (κ1) is 25.7. The second-order valence-electron chi connectivity index (χ2n) is 11.4. The number of allylic oxidation sites excluding steroid dienone is 4. The van der Waals surface area contributed by atoms with E-state index in [0.29, 0.717) is 11.8 Å². The van der Waals surface area contributed by atoms with Crippen molar-refractivity contribution in [2.24, 2.45) is 11.5 Å². The normalized spacial score (nSPS) is 13.5. The Morgan fingerprint density at radius 3 is 1.87 bits per heavy atom. The van der Waals surface area contributed by atoms with Crippen LogP contribution >= 0.6 is 0 Å². The molecule has 4 aromatic carbocycles. The topological polar surface area (TPSA) is 77.8 Å². The second-order valence-corrected chi connectivity index (χ2v) is 11.4. The number of hydrogen-bond donors (Lipinski definition) is 2. The van der Waals surface area contributed by atoms with Crippen molar-refractivity contribution in [1.82, 2.24) is 10.2 Å². The fraction of sp³-hybridized carbons (Fsp3) is 0.294. The van der Waals surface area contributed by atoms with Gasteiger partial charge in [0.05, 0.1) is 11.4 Å². The number of nitrogens with zero attached hydrogens (tertiary/aromatic N) is 2. The van der Waals surface area contributed by atoms with Gasteiger partial charge in [0.25, 0.3) is 0 Å². The molecule has 0 bridgehead atoms. The number of benzene rings is 4. The molecule has 1 aromatic heterocycles. The van der Waals surface area contributed by atoms with Crippen LogP contribution in [0.5, 0.6) is 0 Å². The Bertz CT molecular complexity index is 1760. The second kappa shape index (κ2) is 9.43. The summed E-state index contributed by atoms with van der Waals surface area (Å²) in [5.74, 6) is 0.718. The molecule has 38 heavy (non-hydrogen) atoms. The van der Waals surface area contributed by atoms with Crippen LogP contribution in [0.3, 0.4) is 0 Å². The van der Waals surface area contributed by atoms with Crippen molar-refractivity contribution in [3.05, 3.63) is 88.0 Å². The number of nitrogens with two attached hydrogens (primary N) is 2. The number of aryl methyl sites for hydroxylation is 2. The summed E-state index contributed by atoms with van der Waals surface area (Å²) in [7, 11) is 0. The molecule has 5 aromatic rings. The van der Waals surface area contributed by atoms with Crippen LogP contribution in [-0.4, -0.2) is 10.2 Å². The van der Waals surface area contributed by atoms with Gasteiger partial charge in [-0.05, 0) is 118 Å². The maximum absolute atomic E-state index is 6.46.